The highest BCUT2D eigenvalue weighted by Crippen LogP contribution is 2.17. The van der Waals surface area contributed by atoms with Gasteiger partial charge in [0.1, 0.15) is 10.5 Å². The van der Waals surface area contributed by atoms with Gasteiger partial charge in [-0.1, -0.05) is 0 Å². The number of quaternary nitrogens is 1. The Hall–Kier alpha value is -1.40. The molecule has 6 heteroatoms. The van der Waals surface area contributed by atoms with Crippen LogP contribution in [0.1, 0.15) is 36.0 Å². The van der Waals surface area contributed by atoms with E-state index in [1.54, 1.807) is 0 Å². The zero-order valence-corrected chi connectivity index (χ0v) is 9.02. The second-order valence-electron chi connectivity index (χ2n) is 3.40. The lowest BCUT2D eigenvalue weighted by Gasteiger charge is -2.09. The number of hydrogen-bond acceptors (Lipinski definition) is 3. The Kier molecular flexibility index (Phi) is 3.66. The molecule has 1 atom stereocenters. The largest absolute Gasteiger partial charge is 0.424 e. The fourth-order valence-corrected chi connectivity index (χ4v) is 1.11. The number of rotatable bonds is 3. The fourth-order valence-electron chi connectivity index (χ4n) is 1.11. The molecule has 0 saturated heterocycles. The van der Waals surface area contributed by atoms with Gasteiger partial charge in [0.05, 0.1) is 20.8 Å². The first kappa shape index (κ1) is 12.7. The Balaban J connectivity index is 2.94. The molecule has 0 bridgehead atoms. The number of carbonyl (C=O) groups is 1. The number of aliphatic hydroxyl groups is 1. The predicted molar refractivity (Wildman–Crippen MR) is 52.2 cm³/mol. The maximum Gasteiger partial charge on any atom is 0.424 e. The summed E-state index contributed by atoms with van der Waals surface area (Å²) in [5.41, 5.74) is 0.167. The first-order valence-electron chi connectivity index (χ1n) is 4.84. The van der Waals surface area contributed by atoms with Crippen molar-refractivity contribution in [3.8, 4) is 0 Å². The van der Waals surface area contributed by atoms with Crippen molar-refractivity contribution in [2.45, 2.75) is 20.0 Å². The molecular formula is C10H13F2N2O2+. The van der Waals surface area contributed by atoms with E-state index in [0.717, 1.165) is 6.20 Å². The summed E-state index contributed by atoms with van der Waals surface area (Å²) < 4.78 is 26.0. The molecule has 4 nitrogen and oxygen atoms in total. The first-order valence-corrected chi connectivity index (χ1v) is 4.84. The van der Waals surface area contributed by atoms with Gasteiger partial charge in [-0.3, -0.25) is 4.98 Å². The summed E-state index contributed by atoms with van der Waals surface area (Å²) in [7, 11) is 0. The molecule has 0 aliphatic heterocycles. The van der Waals surface area contributed by atoms with E-state index in [-0.39, 0.29) is 5.56 Å². The highest BCUT2D eigenvalue weighted by atomic mass is 19.4. The molecule has 1 rings (SSSR count). The number of aromatic nitrogens is 1. The molecule has 0 aromatic carbocycles. The van der Waals surface area contributed by atoms with Crippen LogP contribution >= 0.6 is 0 Å². The van der Waals surface area contributed by atoms with Crippen LogP contribution < -0.4 is 0 Å². The van der Waals surface area contributed by atoms with Crippen LogP contribution in [0.25, 0.3) is 0 Å². The third-order valence-electron chi connectivity index (χ3n) is 2.16. The van der Waals surface area contributed by atoms with E-state index >= 15 is 0 Å². The molecule has 1 unspecified atom stereocenters. The van der Waals surface area contributed by atoms with Gasteiger partial charge in [-0.25, -0.2) is 4.79 Å². The monoisotopic (exact) mass is 231 g/mol. The minimum Gasteiger partial charge on any atom is -0.387 e. The van der Waals surface area contributed by atoms with E-state index < -0.39 is 23.5 Å². The number of amides is 1. The van der Waals surface area contributed by atoms with Crippen LogP contribution in [0.4, 0.5) is 8.96 Å². The van der Waals surface area contributed by atoms with Gasteiger partial charge in [-0.15, -0.1) is 0 Å². The molecule has 0 fully saturated rings. The molecule has 1 heterocycles. The van der Waals surface area contributed by atoms with Crippen molar-refractivity contribution in [1.29, 1.82) is 0 Å². The SMILES string of the molecule is CC[N+](F)(F)C(=O)c1ccc(C(C)O)nc1. The topological polar surface area (TPSA) is 50.2 Å². The number of halogens is 2. The summed E-state index contributed by atoms with van der Waals surface area (Å²) in [6.07, 6.45) is 0.261. The van der Waals surface area contributed by atoms with Gasteiger partial charge in [0, 0.05) is 6.20 Å². The van der Waals surface area contributed by atoms with Gasteiger partial charge in [-0.05, 0) is 26.0 Å². The molecule has 0 spiro atoms. The van der Waals surface area contributed by atoms with E-state index in [9.17, 15) is 13.8 Å². The summed E-state index contributed by atoms with van der Waals surface area (Å²) in [5.74, 6) is -1.30. The van der Waals surface area contributed by atoms with Crippen LogP contribution in [0.2, 0.25) is 0 Å². The number of hydrogen-bond donors (Lipinski definition) is 1. The number of carbonyl (C=O) groups excluding carboxylic acids is 1. The van der Waals surface area contributed by atoms with Gasteiger partial charge in [0.25, 0.3) is 0 Å². The van der Waals surface area contributed by atoms with E-state index in [1.807, 2.05) is 0 Å². The quantitative estimate of drug-likeness (QED) is 0.808. The maximum atomic E-state index is 13.0. The average molecular weight is 231 g/mol. The molecule has 1 aromatic rings. The lowest BCUT2D eigenvalue weighted by Crippen LogP contribution is -2.36. The van der Waals surface area contributed by atoms with E-state index in [0.29, 0.717) is 5.69 Å². The smallest absolute Gasteiger partial charge is 0.387 e. The van der Waals surface area contributed by atoms with Crippen LogP contribution in [-0.2, 0) is 0 Å². The summed E-state index contributed by atoms with van der Waals surface area (Å²) >= 11 is 0. The standard InChI is InChI=1S/C10H13F2N2O2/c1-3-14(11,12)10(16)8-4-5-9(7(2)15)13-6-8/h4-7,15H,3H2,1-2H3/q+1. The third-order valence-corrected chi connectivity index (χ3v) is 2.16. The number of pyridine rings is 1. The minimum atomic E-state index is -2.70. The lowest BCUT2D eigenvalue weighted by atomic mass is 10.2. The molecule has 0 aliphatic carbocycles. The van der Waals surface area contributed by atoms with Gasteiger partial charge >= 0.3 is 5.91 Å². The minimum absolute atomic E-state index is 0.170. The van der Waals surface area contributed by atoms with Crippen LogP contribution in [-0.4, -0.2) is 27.5 Å². The second kappa shape index (κ2) is 4.63. The Bertz CT molecular complexity index is 377. The third kappa shape index (κ3) is 2.59. The Labute approximate surface area is 91.6 Å². The van der Waals surface area contributed by atoms with Gasteiger partial charge in [-0.2, -0.15) is 0 Å². The second-order valence-corrected chi connectivity index (χ2v) is 3.40. The van der Waals surface area contributed by atoms with E-state index in [1.165, 1.54) is 26.0 Å². The molecule has 0 aliphatic rings. The van der Waals surface area contributed by atoms with E-state index in [4.69, 9.17) is 5.11 Å². The highest BCUT2D eigenvalue weighted by molar-refractivity contribution is 5.87. The summed E-state index contributed by atoms with van der Waals surface area (Å²) in [6.45, 7) is 2.12. The van der Waals surface area contributed by atoms with Crippen LogP contribution in [0.15, 0.2) is 18.3 Å². The van der Waals surface area contributed by atoms with Crippen molar-refractivity contribution in [2.24, 2.45) is 0 Å². The van der Waals surface area contributed by atoms with Gasteiger partial charge < -0.3 is 5.11 Å². The molecular weight excluding hydrogens is 218 g/mol. The van der Waals surface area contributed by atoms with E-state index in [2.05, 4.69) is 4.98 Å². The Morgan fingerprint density at radius 1 is 1.56 bits per heavy atom. The lowest BCUT2D eigenvalue weighted by molar-refractivity contribution is -1.10. The van der Waals surface area contributed by atoms with Crippen LogP contribution in [0, 0.1) is 0 Å². The summed E-state index contributed by atoms with van der Waals surface area (Å²) in [4.78, 5) is 12.3. The summed E-state index contributed by atoms with van der Waals surface area (Å²) in [5, 5.41) is 9.16. The highest BCUT2D eigenvalue weighted by Gasteiger charge is 2.40. The Morgan fingerprint density at radius 3 is 2.56 bits per heavy atom. The van der Waals surface area contributed by atoms with Crippen LogP contribution in [0.3, 0.4) is 0 Å². The van der Waals surface area contributed by atoms with Crippen molar-refractivity contribution in [1.82, 2.24) is 4.98 Å². The zero-order valence-electron chi connectivity index (χ0n) is 9.02. The van der Waals surface area contributed by atoms with Crippen molar-refractivity contribution in [2.75, 3.05) is 6.54 Å². The molecule has 1 amide bonds. The predicted octanol–water partition coefficient (Wildman–Crippen LogP) is 1.88. The van der Waals surface area contributed by atoms with Gasteiger partial charge in [0.15, 0.2) is 6.54 Å². The molecule has 16 heavy (non-hydrogen) atoms. The number of nitrogens with zero attached hydrogens (tertiary/aromatic N) is 2. The van der Waals surface area contributed by atoms with Crippen molar-refractivity contribution >= 4 is 5.91 Å². The molecule has 1 N–H and O–H groups in total. The number of aliphatic hydroxyl groups excluding tert-OH is 1. The average Bonchev–Trinajstić information content (AvgIpc) is 2.28. The van der Waals surface area contributed by atoms with Crippen molar-refractivity contribution < 1.29 is 23.8 Å². The molecule has 1 aromatic heterocycles. The molecule has 0 saturated carbocycles. The normalized spacial score (nSPS) is 13.6. The summed E-state index contributed by atoms with van der Waals surface area (Å²) in [6, 6.07) is 2.59. The molecule has 88 valence electrons. The van der Waals surface area contributed by atoms with Crippen LogP contribution in [0.5, 0.6) is 0 Å². The van der Waals surface area contributed by atoms with Crippen molar-refractivity contribution in [3.05, 3.63) is 29.6 Å². The fraction of sp³-hybridized carbons (Fsp3) is 0.400. The van der Waals surface area contributed by atoms with Gasteiger partial charge in [0.2, 0.25) is 0 Å². The van der Waals surface area contributed by atoms with Crippen molar-refractivity contribution in [3.63, 3.8) is 0 Å². The maximum absolute atomic E-state index is 13.0. The molecule has 0 radical (unpaired) electrons. The Morgan fingerprint density at radius 2 is 2.19 bits per heavy atom. The first-order chi connectivity index (χ1) is 7.38. The zero-order chi connectivity index (χ0) is 12.3.